The average Bonchev–Trinajstić information content (AvgIpc) is 2.30. The number of methoxy groups -OCH3 is 1. The molecule has 0 heterocycles. The van der Waals surface area contributed by atoms with Crippen LogP contribution >= 0.6 is 11.8 Å². The third-order valence-corrected chi connectivity index (χ3v) is 3.31. The quantitative estimate of drug-likeness (QED) is 0.592. The molecule has 1 rings (SSSR count). The number of hydrogen-bond donors (Lipinski definition) is 0. The van der Waals surface area contributed by atoms with Crippen LogP contribution in [0, 0.1) is 0 Å². The Morgan fingerprint density at radius 3 is 2.50 bits per heavy atom. The van der Waals surface area contributed by atoms with Gasteiger partial charge in [-0.15, -0.1) is 11.8 Å². The monoisotopic (exact) mass is 237 g/mol. The van der Waals surface area contributed by atoms with Crippen LogP contribution in [-0.2, 0) is 0 Å². The van der Waals surface area contributed by atoms with Crippen LogP contribution in [0.15, 0.2) is 23.2 Å². The van der Waals surface area contributed by atoms with Crippen LogP contribution in [0.5, 0.6) is 5.75 Å². The van der Waals surface area contributed by atoms with Gasteiger partial charge in [0.2, 0.25) is 0 Å². The average molecular weight is 237 g/mol. The first kappa shape index (κ1) is 13.1. The zero-order valence-electron chi connectivity index (χ0n) is 10.6. The van der Waals surface area contributed by atoms with Gasteiger partial charge < -0.3 is 4.74 Å². The molecule has 0 unspecified atom stereocenters. The fraction of sp³-hybridized carbons (Fsp3) is 0.462. The van der Waals surface area contributed by atoms with Crippen LogP contribution < -0.4 is 4.74 Å². The van der Waals surface area contributed by atoms with Gasteiger partial charge in [-0.3, -0.25) is 4.99 Å². The van der Waals surface area contributed by atoms with Gasteiger partial charge in [-0.05, 0) is 29.9 Å². The molecule has 1 aromatic carbocycles. The molecule has 0 aliphatic carbocycles. The molecule has 0 radical (unpaired) electrons. The summed E-state index contributed by atoms with van der Waals surface area (Å²) in [6, 6.07) is 6.33. The molecule has 1 aromatic rings. The zero-order valence-corrected chi connectivity index (χ0v) is 11.4. The van der Waals surface area contributed by atoms with Gasteiger partial charge >= 0.3 is 0 Å². The second kappa shape index (κ2) is 5.94. The Balaban J connectivity index is 3.21. The van der Waals surface area contributed by atoms with Crippen molar-refractivity contribution in [1.29, 1.82) is 0 Å². The lowest BCUT2D eigenvalue weighted by atomic mass is 10.0. The number of thioether (sulfide) groups is 1. The van der Waals surface area contributed by atoms with Gasteiger partial charge in [0.15, 0.2) is 0 Å². The van der Waals surface area contributed by atoms with Gasteiger partial charge in [-0.1, -0.05) is 19.9 Å². The van der Waals surface area contributed by atoms with Crippen molar-refractivity contribution >= 4 is 16.8 Å². The molecular weight excluding hydrogens is 218 g/mol. The molecular formula is C13H19NOS. The summed E-state index contributed by atoms with van der Waals surface area (Å²) in [6.45, 7) is 4.36. The summed E-state index contributed by atoms with van der Waals surface area (Å²) in [4.78, 5) is 4.26. The highest BCUT2D eigenvalue weighted by molar-refractivity contribution is 8.13. The Labute approximate surface area is 102 Å². The van der Waals surface area contributed by atoms with Crippen LogP contribution in [0.25, 0.3) is 0 Å². The molecule has 0 saturated heterocycles. The van der Waals surface area contributed by atoms with Crippen molar-refractivity contribution in [1.82, 2.24) is 0 Å². The van der Waals surface area contributed by atoms with E-state index in [0.29, 0.717) is 5.92 Å². The van der Waals surface area contributed by atoms with E-state index in [9.17, 15) is 0 Å². The molecule has 0 aliphatic rings. The van der Waals surface area contributed by atoms with Crippen molar-refractivity contribution in [3.8, 4) is 5.75 Å². The van der Waals surface area contributed by atoms with E-state index in [1.165, 1.54) is 5.56 Å². The molecule has 88 valence electrons. The molecule has 0 fully saturated rings. The van der Waals surface area contributed by atoms with Gasteiger partial charge in [0, 0.05) is 12.6 Å². The van der Waals surface area contributed by atoms with E-state index >= 15 is 0 Å². The van der Waals surface area contributed by atoms with Crippen molar-refractivity contribution in [3.05, 3.63) is 29.3 Å². The third kappa shape index (κ3) is 2.79. The lowest BCUT2D eigenvalue weighted by molar-refractivity contribution is 0.413. The Morgan fingerprint density at radius 2 is 2.06 bits per heavy atom. The topological polar surface area (TPSA) is 21.6 Å². The number of hydrogen-bond acceptors (Lipinski definition) is 3. The van der Waals surface area contributed by atoms with E-state index in [1.54, 1.807) is 18.9 Å². The second-order valence-electron chi connectivity index (χ2n) is 3.85. The number of ether oxygens (including phenoxy) is 1. The molecule has 2 nitrogen and oxygen atoms in total. The second-order valence-corrected chi connectivity index (χ2v) is 4.64. The van der Waals surface area contributed by atoms with E-state index in [1.807, 2.05) is 13.3 Å². The van der Waals surface area contributed by atoms with Gasteiger partial charge in [-0.2, -0.15) is 0 Å². The Bertz CT molecular complexity index is 386. The lowest BCUT2D eigenvalue weighted by Gasteiger charge is -2.12. The summed E-state index contributed by atoms with van der Waals surface area (Å²) in [5.74, 6) is 1.42. The normalized spacial score (nSPS) is 12.0. The van der Waals surface area contributed by atoms with Gasteiger partial charge in [0.1, 0.15) is 10.8 Å². The molecule has 0 amide bonds. The highest BCUT2D eigenvalue weighted by atomic mass is 32.2. The minimum absolute atomic E-state index is 0.513. The van der Waals surface area contributed by atoms with Crippen LogP contribution in [0.4, 0.5) is 0 Å². The van der Waals surface area contributed by atoms with Crippen LogP contribution in [0.2, 0.25) is 0 Å². The number of rotatable bonds is 3. The van der Waals surface area contributed by atoms with Gasteiger partial charge in [-0.25, -0.2) is 0 Å². The maximum Gasteiger partial charge on any atom is 0.129 e. The molecule has 16 heavy (non-hydrogen) atoms. The summed E-state index contributed by atoms with van der Waals surface area (Å²) in [6.07, 6.45) is 2.03. The van der Waals surface area contributed by atoms with E-state index in [2.05, 4.69) is 37.0 Å². The predicted octanol–water partition coefficient (Wildman–Crippen LogP) is 3.56. The Kier molecular flexibility index (Phi) is 4.87. The van der Waals surface area contributed by atoms with Crippen molar-refractivity contribution in [2.45, 2.75) is 19.8 Å². The number of aliphatic imine (C=N–C) groups is 1. The van der Waals surface area contributed by atoms with E-state index < -0.39 is 0 Å². The maximum absolute atomic E-state index is 5.43. The summed E-state index contributed by atoms with van der Waals surface area (Å²) in [5, 5.41) is 1.01. The Morgan fingerprint density at radius 1 is 1.38 bits per heavy atom. The van der Waals surface area contributed by atoms with Crippen LogP contribution in [-0.4, -0.2) is 25.5 Å². The SMILES string of the molecule is CN=C(SC)c1ccc(C(C)C)cc1OC. The standard InChI is InChI=1S/C13H19NOS/c1-9(2)10-6-7-11(12(8-10)15-4)13(14-3)16-5/h6-9H,1-5H3. The molecule has 0 bridgehead atoms. The summed E-state index contributed by atoms with van der Waals surface area (Å²) in [7, 11) is 3.51. The molecule has 0 aliphatic heterocycles. The first-order valence-corrected chi connectivity index (χ1v) is 6.55. The Hall–Kier alpha value is -0.960. The first-order valence-electron chi connectivity index (χ1n) is 5.33. The van der Waals surface area contributed by atoms with Crippen LogP contribution in [0.1, 0.15) is 30.9 Å². The smallest absolute Gasteiger partial charge is 0.129 e. The fourth-order valence-corrected chi connectivity index (χ4v) is 2.14. The number of nitrogens with zero attached hydrogens (tertiary/aromatic N) is 1. The molecule has 0 N–H and O–H groups in total. The highest BCUT2D eigenvalue weighted by Crippen LogP contribution is 2.27. The molecule has 0 saturated carbocycles. The molecule has 0 atom stereocenters. The predicted molar refractivity (Wildman–Crippen MR) is 73.1 cm³/mol. The van der Waals surface area contributed by atoms with Crippen molar-refractivity contribution in [3.63, 3.8) is 0 Å². The van der Waals surface area contributed by atoms with Gasteiger partial charge in [0.05, 0.1) is 7.11 Å². The summed E-state index contributed by atoms with van der Waals surface area (Å²) in [5.41, 5.74) is 2.36. The maximum atomic E-state index is 5.43. The molecule has 3 heteroatoms. The highest BCUT2D eigenvalue weighted by Gasteiger charge is 2.10. The van der Waals surface area contributed by atoms with Gasteiger partial charge in [0.25, 0.3) is 0 Å². The third-order valence-electron chi connectivity index (χ3n) is 2.52. The summed E-state index contributed by atoms with van der Waals surface area (Å²) < 4.78 is 5.43. The van der Waals surface area contributed by atoms with Crippen molar-refractivity contribution in [2.24, 2.45) is 4.99 Å². The lowest BCUT2D eigenvalue weighted by Crippen LogP contribution is -2.00. The van der Waals surface area contributed by atoms with E-state index in [0.717, 1.165) is 16.4 Å². The minimum atomic E-state index is 0.513. The zero-order chi connectivity index (χ0) is 12.1. The molecule has 0 spiro atoms. The first-order chi connectivity index (χ1) is 7.63. The molecule has 0 aromatic heterocycles. The van der Waals surface area contributed by atoms with Crippen LogP contribution in [0.3, 0.4) is 0 Å². The largest absolute Gasteiger partial charge is 0.496 e. The van der Waals surface area contributed by atoms with E-state index in [4.69, 9.17) is 4.74 Å². The summed E-state index contributed by atoms with van der Waals surface area (Å²) >= 11 is 1.64. The minimum Gasteiger partial charge on any atom is -0.496 e. The van der Waals surface area contributed by atoms with Crippen molar-refractivity contribution in [2.75, 3.05) is 20.4 Å². The fourth-order valence-electron chi connectivity index (χ4n) is 1.57. The van der Waals surface area contributed by atoms with Crippen molar-refractivity contribution < 1.29 is 4.74 Å². The number of benzene rings is 1. The van der Waals surface area contributed by atoms with E-state index in [-0.39, 0.29) is 0 Å².